The number of rotatable bonds is 4. The van der Waals surface area contributed by atoms with Gasteiger partial charge in [-0.1, -0.05) is 0 Å². The molecule has 22 heavy (non-hydrogen) atoms. The van der Waals surface area contributed by atoms with Gasteiger partial charge in [-0.3, -0.25) is 0 Å². The maximum Gasteiger partial charge on any atom is 0.319 e. The van der Waals surface area contributed by atoms with Crippen molar-refractivity contribution >= 4 is 11.7 Å². The van der Waals surface area contributed by atoms with Crippen LogP contribution >= 0.6 is 0 Å². The van der Waals surface area contributed by atoms with Crippen LogP contribution in [0.25, 0.3) is 0 Å². The Kier molecular flexibility index (Phi) is 3.90. The number of nitrogens with zero attached hydrogens (tertiary/aromatic N) is 3. The number of amides is 2. The zero-order chi connectivity index (χ0) is 15.5. The van der Waals surface area contributed by atoms with Gasteiger partial charge in [-0.05, 0) is 18.6 Å². The van der Waals surface area contributed by atoms with Crippen molar-refractivity contribution in [2.75, 3.05) is 12.4 Å². The topological polar surface area (TPSA) is 81.1 Å². The van der Waals surface area contributed by atoms with Gasteiger partial charge in [0.05, 0.1) is 13.7 Å². The molecule has 0 unspecified atom stereocenters. The normalized spacial score (nSPS) is 12.8. The SMILES string of the molecule is COc1ccc(NC(=O)NCc2nnc3n2CCC3)cc1F. The fourth-order valence-electron chi connectivity index (χ4n) is 2.42. The van der Waals surface area contributed by atoms with Crippen molar-refractivity contribution in [3.8, 4) is 5.75 Å². The number of hydrogen-bond donors (Lipinski definition) is 2. The number of ether oxygens (including phenoxy) is 1. The third-order valence-electron chi connectivity index (χ3n) is 3.50. The van der Waals surface area contributed by atoms with E-state index in [-0.39, 0.29) is 12.3 Å². The Morgan fingerprint density at radius 2 is 2.32 bits per heavy atom. The Balaban J connectivity index is 1.57. The number of carbonyl (C=O) groups excluding carboxylic acids is 1. The van der Waals surface area contributed by atoms with Crippen LogP contribution in [0.5, 0.6) is 5.75 Å². The smallest absolute Gasteiger partial charge is 0.319 e. The summed E-state index contributed by atoms with van der Waals surface area (Å²) in [5.74, 6) is 1.28. The highest BCUT2D eigenvalue weighted by Gasteiger charge is 2.17. The predicted molar refractivity (Wildman–Crippen MR) is 77.2 cm³/mol. The molecule has 8 heteroatoms. The largest absolute Gasteiger partial charge is 0.494 e. The van der Waals surface area contributed by atoms with Crippen molar-refractivity contribution < 1.29 is 13.9 Å². The molecule has 1 aliphatic rings. The van der Waals surface area contributed by atoms with Crippen LogP contribution in [-0.2, 0) is 19.5 Å². The quantitative estimate of drug-likeness (QED) is 0.901. The predicted octanol–water partition coefficient (Wildman–Crippen LogP) is 1.69. The van der Waals surface area contributed by atoms with Gasteiger partial charge < -0.3 is 19.9 Å². The lowest BCUT2D eigenvalue weighted by molar-refractivity contribution is 0.251. The van der Waals surface area contributed by atoms with E-state index in [1.807, 2.05) is 4.57 Å². The molecule has 2 N–H and O–H groups in total. The number of fused-ring (bicyclic) bond motifs is 1. The highest BCUT2D eigenvalue weighted by molar-refractivity contribution is 5.89. The Hall–Kier alpha value is -2.64. The van der Waals surface area contributed by atoms with Crippen LogP contribution in [0.2, 0.25) is 0 Å². The third-order valence-corrected chi connectivity index (χ3v) is 3.50. The van der Waals surface area contributed by atoms with Crippen molar-refractivity contribution in [2.45, 2.75) is 25.9 Å². The summed E-state index contributed by atoms with van der Waals surface area (Å²) in [6.07, 6.45) is 1.97. The molecule has 3 rings (SSSR count). The van der Waals surface area contributed by atoms with E-state index in [0.717, 1.165) is 31.0 Å². The maximum atomic E-state index is 13.5. The van der Waals surface area contributed by atoms with Gasteiger partial charge in [-0.2, -0.15) is 0 Å². The lowest BCUT2D eigenvalue weighted by Crippen LogP contribution is -2.29. The lowest BCUT2D eigenvalue weighted by Gasteiger charge is -2.09. The third kappa shape index (κ3) is 2.85. The minimum atomic E-state index is -0.532. The maximum absolute atomic E-state index is 13.5. The van der Waals surface area contributed by atoms with Crippen LogP contribution in [0.3, 0.4) is 0 Å². The molecule has 2 aromatic rings. The molecule has 0 bridgehead atoms. The van der Waals surface area contributed by atoms with Crippen molar-refractivity contribution in [3.63, 3.8) is 0 Å². The van der Waals surface area contributed by atoms with Gasteiger partial charge in [0.25, 0.3) is 0 Å². The number of aromatic nitrogens is 3. The van der Waals surface area contributed by atoms with Gasteiger partial charge in [0.2, 0.25) is 0 Å². The molecule has 1 aliphatic heterocycles. The van der Waals surface area contributed by atoms with Gasteiger partial charge in [-0.25, -0.2) is 9.18 Å². The van der Waals surface area contributed by atoms with E-state index < -0.39 is 11.8 Å². The molecule has 2 heterocycles. The monoisotopic (exact) mass is 305 g/mol. The highest BCUT2D eigenvalue weighted by atomic mass is 19.1. The average molecular weight is 305 g/mol. The molecular weight excluding hydrogens is 289 g/mol. The number of urea groups is 1. The summed E-state index contributed by atoms with van der Waals surface area (Å²) in [7, 11) is 1.38. The van der Waals surface area contributed by atoms with E-state index in [9.17, 15) is 9.18 Å². The van der Waals surface area contributed by atoms with Gasteiger partial charge >= 0.3 is 6.03 Å². The summed E-state index contributed by atoms with van der Waals surface area (Å²) in [5.41, 5.74) is 0.349. The van der Waals surface area contributed by atoms with Crippen molar-refractivity contribution in [1.29, 1.82) is 0 Å². The molecule has 0 fully saturated rings. The van der Waals surface area contributed by atoms with Crippen LogP contribution in [0.4, 0.5) is 14.9 Å². The second-order valence-corrected chi connectivity index (χ2v) is 4.94. The first-order chi connectivity index (χ1) is 10.7. The molecule has 0 radical (unpaired) electrons. The number of halogens is 1. The Morgan fingerprint density at radius 1 is 1.45 bits per heavy atom. The molecule has 0 spiro atoms. The fraction of sp³-hybridized carbons (Fsp3) is 0.357. The molecule has 0 atom stereocenters. The van der Waals surface area contributed by atoms with E-state index in [1.165, 1.54) is 19.2 Å². The summed E-state index contributed by atoms with van der Waals surface area (Å²) in [6.45, 7) is 1.15. The van der Waals surface area contributed by atoms with Crippen LogP contribution in [-0.4, -0.2) is 27.9 Å². The summed E-state index contributed by atoms with van der Waals surface area (Å²) >= 11 is 0. The number of benzene rings is 1. The second-order valence-electron chi connectivity index (χ2n) is 4.94. The summed E-state index contributed by atoms with van der Waals surface area (Å²) in [4.78, 5) is 11.8. The van der Waals surface area contributed by atoms with E-state index >= 15 is 0 Å². The van der Waals surface area contributed by atoms with Crippen LogP contribution in [0.15, 0.2) is 18.2 Å². The molecule has 2 amide bonds. The van der Waals surface area contributed by atoms with Gasteiger partial charge in [0, 0.05) is 24.7 Å². The van der Waals surface area contributed by atoms with Crippen molar-refractivity contribution in [2.24, 2.45) is 0 Å². The molecule has 0 aliphatic carbocycles. The van der Waals surface area contributed by atoms with Gasteiger partial charge in [-0.15, -0.1) is 10.2 Å². The van der Waals surface area contributed by atoms with Crippen LogP contribution in [0, 0.1) is 5.82 Å². The number of hydrogen-bond acceptors (Lipinski definition) is 4. The van der Waals surface area contributed by atoms with Crippen molar-refractivity contribution in [1.82, 2.24) is 20.1 Å². The van der Waals surface area contributed by atoms with E-state index in [1.54, 1.807) is 6.07 Å². The standard InChI is InChI=1S/C14H16FN5O2/c1-22-11-5-4-9(7-10(11)15)17-14(21)16-8-13-19-18-12-3-2-6-20(12)13/h4-5,7H,2-3,6,8H2,1H3,(H2,16,17,21). The lowest BCUT2D eigenvalue weighted by atomic mass is 10.3. The van der Waals surface area contributed by atoms with E-state index in [2.05, 4.69) is 20.8 Å². The minimum absolute atomic E-state index is 0.130. The molecule has 1 aromatic heterocycles. The van der Waals surface area contributed by atoms with E-state index in [0.29, 0.717) is 5.69 Å². The Morgan fingerprint density at radius 3 is 3.09 bits per heavy atom. The number of aryl methyl sites for hydroxylation is 1. The zero-order valence-corrected chi connectivity index (χ0v) is 12.1. The van der Waals surface area contributed by atoms with Crippen molar-refractivity contribution in [3.05, 3.63) is 35.7 Å². The summed E-state index contributed by atoms with van der Waals surface area (Å²) in [6, 6.07) is 3.79. The molecule has 0 saturated heterocycles. The van der Waals surface area contributed by atoms with E-state index in [4.69, 9.17) is 4.74 Å². The minimum Gasteiger partial charge on any atom is -0.494 e. The Bertz CT molecular complexity index is 701. The Labute approximate surface area is 126 Å². The summed E-state index contributed by atoms with van der Waals surface area (Å²) in [5, 5.41) is 13.4. The molecule has 116 valence electrons. The molecule has 1 aromatic carbocycles. The first-order valence-electron chi connectivity index (χ1n) is 6.96. The molecular formula is C14H16FN5O2. The number of nitrogens with one attached hydrogen (secondary N) is 2. The fourth-order valence-corrected chi connectivity index (χ4v) is 2.42. The second kappa shape index (κ2) is 6.00. The summed E-state index contributed by atoms with van der Waals surface area (Å²) < 4.78 is 20.4. The molecule has 0 saturated carbocycles. The first-order valence-corrected chi connectivity index (χ1v) is 6.96. The zero-order valence-electron chi connectivity index (χ0n) is 12.1. The van der Waals surface area contributed by atoms with Gasteiger partial charge in [0.1, 0.15) is 5.82 Å². The number of anilines is 1. The first kappa shape index (κ1) is 14.3. The van der Waals surface area contributed by atoms with Gasteiger partial charge in [0.15, 0.2) is 17.4 Å². The highest BCUT2D eigenvalue weighted by Crippen LogP contribution is 2.20. The average Bonchev–Trinajstić information content (AvgIpc) is 3.09. The number of carbonyl (C=O) groups is 1. The molecule has 7 nitrogen and oxygen atoms in total. The van der Waals surface area contributed by atoms with Crippen LogP contribution < -0.4 is 15.4 Å². The number of methoxy groups -OCH3 is 1. The van der Waals surface area contributed by atoms with Crippen LogP contribution in [0.1, 0.15) is 18.1 Å².